The van der Waals surface area contributed by atoms with E-state index in [-0.39, 0.29) is 17.4 Å². The van der Waals surface area contributed by atoms with Crippen molar-refractivity contribution in [2.24, 2.45) is 5.41 Å². The fraction of sp³-hybridized carbons (Fsp3) is 0.524. The molecule has 0 aromatic carbocycles. The van der Waals surface area contributed by atoms with Gasteiger partial charge in [-0.2, -0.15) is 0 Å². The number of fused-ring (bicyclic) bond motifs is 1. The smallest absolute Gasteiger partial charge is 0.259 e. The van der Waals surface area contributed by atoms with Crippen molar-refractivity contribution in [3.8, 4) is 0 Å². The zero-order chi connectivity index (χ0) is 20.1. The number of nitrogens with one attached hydrogen (secondary N) is 1. The van der Waals surface area contributed by atoms with Crippen molar-refractivity contribution in [2.45, 2.75) is 65.8 Å². The Morgan fingerprint density at radius 2 is 2.11 bits per heavy atom. The molecule has 1 aliphatic rings. The molecule has 0 bridgehead atoms. The number of pyridine rings is 1. The zero-order valence-corrected chi connectivity index (χ0v) is 17.8. The molecule has 0 saturated heterocycles. The third kappa shape index (κ3) is 3.94. The van der Waals surface area contributed by atoms with Crippen LogP contribution < -0.4 is 5.32 Å². The van der Waals surface area contributed by atoms with Gasteiger partial charge in [0.15, 0.2) is 0 Å². The summed E-state index contributed by atoms with van der Waals surface area (Å²) < 4.78 is 5.55. The lowest BCUT2D eigenvalue weighted by atomic mass is 9.89. The summed E-state index contributed by atoms with van der Waals surface area (Å²) in [5.74, 6) is 0.288. The molecule has 4 rings (SSSR count). The largest absolute Gasteiger partial charge is 0.344 e. The molecule has 0 radical (unpaired) electrons. The number of aromatic nitrogens is 3. The minimum Gasteiger partial charge on any atom is -0.344 e. The number of thiazole rings is 1. The maximum absolute atomic E-state index is 13.2. The first kappa shape index (κ1) is 19.1. The first-order valence-electron chi connectivity index (χ1n) is 9.73. The number of carbonyl (C=O) groups excluding carboxylic acids is 1. The SMILES string of the molecule is Cc1nc(C(C)NC(=O)c2cc(C3CC3)nc3onc(CC(C)(C)C)c23)cs1. The van der Waals surface area contributed by atoms with Crippen LogP contribution in [0.2, 0.25) is 0 Å². The average Bonchev–Trinajstić information content (AvgIpc) is 3.26. The molecule has 3 aromatic rings. The Hall–Kier alpha value is -2.28. The molecule has 7 heteroatoms. The van der Waals surface area contributed by atoms with E-state index >= 15 is 0 Å². The van der Waals surface area contributed by atoms with E-state index in [9.17, 15) is 4.79 Å². The van der Waals surface area contributed by atoms with E-state index < -0.39 is 0 Å². The third-order valence-corrected chi connectivity index (χ3v) is 5.69. The number of hydrogen-bond acceptors (Lipinski definition) is 6. The van der Waals surface area contributed by atoms with Crippen LogP contribution in [0.1, 0.15) is 84.9 Å². The summed E-state index contributed by atoms with van der Waals surface area (Å²) in [6, 6.07) is 1.76. The highest BCUT2D eigenvalue weighted by Crippen LogP contribution is 2.41. The van der Waals surface area contributed by atoms with Crippen molar-refractivity contribution < 1.29 is 9.32 Å². The molecule has 148 valence electrons. The van der Waals surface area contributed by atoms with Gasteiger partial charge in [0.1, 0.15) is 0 Å². The van der Waals surface area contributed by atoms with Crippen molar-refractivity contribution in [3.05, 3.63) is 39.1 Å². The molecule has 1 saturated carbocycles. The number of nitrogens with zero attached hydrogens (tertiary/aromatic N) is 3. The van der Waals surface area contributed by atoms with Crippen molar-refractivity contribution in [3.63, 3.8) is 0 Å². The maximum Gasteiger partial charge on any atom is 0.259 e. The zero-order valence-electron chi connectivity index (χ0n) is 17.0. The van der Waals surface area contributed by atoms with E-state index in [4.69, 9.17) is 4.52 Å². The normalized spacial score (nSPS) is 15.8. The molecule has 0 spiro atoms. The summed E-state index contributed by atoms with van der Waals surface area (Å²) in [5, 5.41) is 11.1. The first-order chi connectivity index (χ1) is 13.2. The maximum atomic E-state index is 13.2. The average molecular weight is 399 g/mol. The fourth-order valence-electron chi connectivity index (χ4n) is 3.35. The molecular formula is C21H26N4O2S. The van der Waals surface area contributed by atoms with Crippen molar-refractivity contribution in [1.82, 2.24) is 20.4 Å². The van der Waals surface area contributed by atoms with Crippen LogP contribution in [0.25, 0.3) is 11.1 Å². The standard InChI is InChI=1S/C21H26N4O2S/c1-11(17-10-28-12(2)23-17)22-19(26)14-8-15(13-6-7-13)24-20-18(14)16(25-27-20)9-21(3,4)5/h8,10-11,13H,6-7,9H2,1-5H3,(H,22,26). The Labute approximate surface area is 168 Å². The van der Waals surface area contributed by atoms with E-state index in [2.05, 4.69) is 41.2 Å². The summed E-state index contributed by atoms with van der Waals surface area (Å²) in [4.78, 5) is 22.4. The van der Waals surface area contributed by atoms with Crippen LogP contribution in [0.3, 0.4) is 0 Å². The van der Waals surface area contributed by atoms with E-state index in [1.165, 1.54) is 0 Å². The molecule has 1 unspecified atom stereocenters. The molecule has 6 nitrogen and oxygen atoms in total. The van der Waals surface area contributed by atoms with Gasteiger partial charge in [-0.15, -0.1) is 11.3 Å². The van der Waals surface area contributed by atoms with Gasteiger partial charge in [0.2, 0.25) is 0 Å². The summed E-state index contributed by atoms with van der Waals surface area (Å²) in [5.41, 5.74) is 3.69. The first-order valence-corrected chi connectivity index (χ1v) is 10.6. The van der Waals surface area contributed by atoms with Crippen LogP contribution in [0, 0.1) is 12.3 Å². The Kier molecular flexibility index (Phi) is 4.73. The van der Waals surface area contributed by atoms with E-state index in [0.717, 1.165) is 40.3 Å². The molecular weight excluding hydrogens is 372 g/mol. The number of carbonyl (C=O) groups is 1. The third-order valence-electron chi connectivity index (χ3n) is 4.90. The predicted octanol–water partition coefficient (Wildman–Crippen LogP) is 4.94. The van der Waals surface area contributed by atoms with Gasteiger partial charge in [0.25, 0.3) is 11.6 Å². The van der Waals surface area contributed by atoms with Crippen LogP contribution in [0.5, 0.6) is 0 Å². The monoisotopic (exact) mass is 398 g/mol. The topological polar surface area (TPSA) is 80.9 Å². The van der Waals surface area contributed by atoms with Crippen molar-refractivity contribution in [2.75, 3.05) is 0 Å². The van der Waals surface area contributed by atoms with Gasteiger partial charge < -0.3 is 9.84 Å². The molecule has 1 amide bonds. The molecule has 3 aromatic heterocycles. The lowest BCUT2D eigenvalue weighted by Gasteiger charge is -2.17. The Bertz CT molecular complexity index is 1030. The summed E-state index contributed by atoms with van der Waals surface area (Å²) >= 11 is 1.59. The van der Waals surface area contributed by atoms with Gasteiger partial charge in [-0.1, -0.05) is 25.9 Å². The van der Waals surface area contributed by atoms with Gasteiger partial charge in [-0.25, -0.2) is 9.97 Å². The summed E-state index contributed by atoms with van der Waals surface area (Å²) in [7, 11) is 0. The van der Waals surface area contributed by atoms with Crippen LogP contribution >= 0.6 is 11.3 Å². The Morgan fingerprint density at radius 1 is 1.36 bits per heavy atom. The minimum absolute atomic E-state index is 0.0259. The highest BCUT2D eigenvalue weighted by Gasteiger charge is 2.30. The quantitative estimate of drug-likeness (QED) is 0.658. The molecule has 1 N–H and O–H groups in total. The van der Waals surface area contributed by atoms with Crippen LogP contribution in [0.4, 0.5) is 0 Å². The fourth-order valence-corrected chi connectivity index (χ4v) is 4.05. The predicted molar refractivity (Wildman–Crippen MR) is 110 cm³/mol. The molecule has 28 heavy (non-hydrogen) atoms. The second-order valence-corrected chi connectivity index (χ2v) is 9.96. The van der Waals surface area contributed by atoms with Crippen LogP contribution in [-0.2, 0) is 6.42 Å². The lowest BCUT2D eigenvalue weighted by Crippen LogP contribution is -2.27. The van der Waals surface area contributed by atoms with E-state index in [0.29, 0.717) is 23.6 Å². The van der Waals surface area contributed by atoms with Gasteiger partial charge in [0, 0.05) is 17.0 Å². The van der Waals surface area contributed by atoms with Crippen LogP contribution in [0.15, 0.2) is 16.0 Å². The molecule has 1 fully saturated rings. The van der Waals surface area contributed by atoms with Gasteiger partial charge in [-0.3, -0.25) is 4.79 Å². The van der Waals surface area contributed by atoms with E-state index in [1.54, 1.807) is 11.3 Å². The minimum atomic E-state index is -0.170. The number of rotatable bonds is 5. The Morgan fingerprint density at radius 3 is 2.71 bits per heavy atom. The van der Waals surface area contributed by atoms with E-state index in [1.807, 2.05) is 25.3 Å². The van der Waals surface area contributed by atoms with Gasteiger partial charge >= 0.3 is 0 Å². The molecule has 0 aliphatic heterocycles. The van der Waals surface area contributed by atoms with Crippen molar-refractivity contribution >= 4 is 28.3 Å². The number of aryl methyl sites for hydroxylation is 1. The highest BCUT2D eigenvalue weighted by atomic mass is 32.1. The summed E-state index contributed by atoms with van der Waals surface area (Å²) in [6.45, 7) is 10.4. The highest BCUT2D eigenvalue weighted by molar-refractivity contribution is 7.09. The molecule has 3 heterocycles. The number of amides is 1. The lowest BCUT2D eigenvalue weighted by molar-refractivity contribution is 0.0940. The van der Waals surface area contributed by atoms with Gasteiger partial charge in [0.05, 0.1) is 33.4 Å². The van der Waals surface area contributed by atoms with Crippen molar-refractivity contribution in [1.29, 1.82) is 0 Å². The number of hydrogen-bond donors (Lipinski definition) is 1. The van der Waals surface area contributed by atoms with Crippen LogP contribution in [-0.4, -0.2) is 21.0 Å². The summed E-state index contributed by atoms with van der Waals surface area (Å²) in [6.07, 6.45) is 2.93. The van der Waals surface area contributed by atoms with Gasteiger partial charge in [-0.05, 0) is 44.6 Å². The molecule has 1 aliphatic carbocycles. The Balaban J connectivity index is 1.72. The second-order valence-electron chi connectivity index (χ2n) is 8.90. The molecule has 1 atom stereocenters. The second kappa shape index (κ2) is 6.95.